The van der Waals surface area contributed by atoms with Crippen LogP contribution in [-0.2, 0) is 6.42 Å². The minimum Gasteiger partial charge on any atom is -0.354 e. The lowest BCUT2D eigenvalue weighted by Crippen LogP contribution is -1.99. The second kappa shape index (κ2) is 7.37. The van der Waals surface area contributed by atoms with Crippen LogP contribution in [0, 0.1) is 6.92 Å². The third-order valence-electron chi connectivity index (χ3n) is 4.26. The number of hydrogen-bond acceptors (Lipinski definition) is 1. The average molecular weight is 382 g/mol. The molecule has 2 nitrogen and oxygen atoms in total. The van der Waals surface area contributed by atoms with Gasteiger partial charge in [-0.25, -0.2) is 0 Å². The number of H-pyrrole nitrogens is 1. The van der Waals surface area contributed by atoms with Crippen molar-refractivity contribution in [2.75, 3.05) is 6.54 Å². The summed E-state index contributed by atoms with van der Waals surface area (Å²) < 4.78 is 0. The summed E-state index contributed by atoms with van der Waals surface area (Å²) in [6.07, 6.45) is 2.91. The SMILES string of the molecule is Cc1cc(Cl)cc2c(CCCCN)c(-c3cc(Cl)ccc3Cl)[nH]c12. The fourth-order valence-corrected chi connectivity index (χ4v) is 3.76. The van der Waals surface area contributed by atoms with Gasteiger partial charge in [0.05, 0.1) is 5.69 Å². The highest BCUT2D eigenvalue weighted by Crippen LogP contribution is 2.38. The molecule has 0 spiro atoms. The maximum absolute atomic E-state index is 6.44. The highest BCUT2D eigenvalue weighted by atomic mass is 35.5. The highest BCUT2D eigenvalue weighted by Gasteiger charge is 2.17. The van der Waals surface area contributed by atoms with Gasteiger partial charge in [0.1, 0.15) is 0 Å². The third-order valence-corrected chi connectivity index (χ3v) is 5.04. The molecular weight excluding hydrogens is 363 g/mol. The Balaban J connectivity index is 2.23. The van der Waals surface area contributed by atoms with E-state index in [0.717, 1.165) is 52.0 Å². The Bertz CT molecular complexity index is 884. The number of unbranched alkanes of at least 4 members (excludes halogenated alkanes) is 1. The molecule has 3 N–H and O–H groups in total. The summed E-state index contributed by atoms with van der Waals surface area (Å²) in [5, 5.41) is 3.22. The zero-order valence-corrected chi connectivity index (χ0v) is 15.7. The van der Waals surface area contributed by atoms with Crippen molar-refractivity contribution < 1.29 is 0 Å². The third kappa shape index (κ3) is 3.43. The fourth-order valence-electron chi connectivity index (χ4n) is 3.11. The normalized spacial score (nSPS) is 11.4. The first-order valence-electron chi connectivity index (χ1n) is 7.97. The van der Waals surface area contributed by atoms with Gasteiger partial charge in [-0.2, -0.15) is 0 Å². The molecule has 1 heterocycles. The minimum absolute atomic E-state index is 0.663. The summed E-state index contributed by atoms with van der Waals surface area (Å²) in [5.41, 5.74) is 11.0. The molecular formula is C19H19Cl3N2. The zero-order valence-electron chi connectivity index (χ0n) is 13.4. The molecule has 0 amide bonds. The van der Waals surface area contributed by atoms with Crippen LogP contribution in [0.25, 0.3) is 22.2 Å². The first-order chi connectivity index (χ1) is 11.5. The molecule has 2 aromatic carbocycles. The Morgan fingerprint density at radius 1 is 1.00 bits per heavy atom. The molecule has 1 aromatic heterocycles. The van der Waals surface area contributed by atoms with Crippen molar-refractivity contribution in [3.63, 3.8) is 0 Å². The van der Waals surface area contributed by atoms with Crippen LogP contribution in [-0.4, -0.2) is 11.5 Å². The Morgan fingerprint density at radius 2 is 1.79 bits per heavy atom. The van der Waals surface area contributed by atoms with Gasteiger partial charge in [-0.3, -0.25) is 0 Å². The molecule has 3 aromatic rings. The van der Waals surface area contributed by atoms with Crippen LogP contribution < -0.4 is 5.73 Å². The molecule has 0 aliphatic heterocycles. The van der Waals surface area contributed by atoms with E-state index in [1.165, 1.54) is 5.56 Å². The van der Waals surface area contributed by atoms with Crippen LogP contribution in [0.1, 0.15) is 24.0 Å². The van der Waals surface area contributed by atoms with Gasteiger partial charge in [0, 0.05) is 31.5 Å². The van der Waals surface area contributed by atoms with E-state index in [9.17, 15) is 0 Å². The molecule has 3 rings (SSSR count). The standard InChI is InChI=1S/C19H19Cl3N2/c1-11-8-13(21)10-15-14(4-2-3-7-23)19(24-18(11)15)16-9-12(20)5-6-17(16)22/h5-6,8-10,24H,2-4,7,23H2,1H3. The molecule has 0 aliphatic carbocycles. The van der Waals surface area contributed by atoms with Crippen LogP contribution in [0.2, 0.25) is 15.1 Å². The van der Waals surface area contributed by atoms with Crippen molar-refractivity contribution >= 4 is 45.7 Å². The van der Waals surface area contributed by atoms with Crippen LogP contribution in [0.3, 0.4) is 0 Å². The molecule has 0 bridgehead atoms. The summed E-state index contributed by atoms with van der Waals surface area (Å²) >= 11 is 18.9. The number of aromatic amines is 1. The van der Waals surface area contributed by atoms with E-state index in [-0.39, 0.29) is 0 Å². The van der Waals surface area contributed by atoms with Crippen LogP contribution in [0.5, 0.6) is 0 Å². The van der Waals surface area contributed by atoms with Gasteiger partial charge in [0.25, 0.3) is 0 Å². The van der Waals surface area contributed by atoms with Gasteiger partial charge in [-0.15, -0.1) is 0 Å². The van der Waals surface area contributed by atoms with Crippen LogP contribution in [0.15, 0.2) is 30.3 Å². The largest absolute Gasteiger partial charge is 0.354 e. The Hall–Kier alpha value is -1.19. The number of nitrogens with one attached hydrogen (secondary N) is 1. The number of nitrogens with two attached hydrogens (primary N) is 1. The number of fused-ring (bicyclic) bond motifs is 1. The molecule has 0 saturated heterocycles. The number of aryl methyl sites for hydroxylation is 2. The van der Waals surface area contributed by atoms with Gasteiger partial charge < -0.3 is 10.7 Å². The lowest BCUT2D eigenvalue weighted by atomic mass is 9.99. The predicted molar refractivity (Wildman–Crippen MR) is 105 cm³/mol. The van der Waals surface area contributed by atoms with Gasteiger partial charge in [0.15, 0.2) is 0 Å². The molecule has 5 heteroatoms. The predicted octanol–water partition coefficient (Wildman–Crippen LogP) is 6.38. The van der Waals surface area contributed by atoms with E-state index in [0.29, 0.717) is 16.6 Å². The van der Waals surface area contributed by atoms with Crippen molar-refractivity contribution in [1.29, 1.82) is 0 Å². The van der Waals surface area contributed by atoms with E-state index in [4.69, 9.17) is 40.5 Å². The highest BCUT2D eigenvalue weighted by molar-refractivity contribution is 6.35. The number of hydrogen-bond donors (Lipinski definition) is 2. The van der Waals surface area contributed by atoms with E-state index >= 15 is 0 Å². The fraction of sp³-hybridized carbons (Fsp3) is 0.263. The first-order valence-corrected chi connectivity index (χ1v) is 9.11. The summed E-state index contributed by atoms with van der Waals surface area (Å²) in [7, 11) is 0. The second-order valence-electron chi connectivity index (χ2n) is 5.99. The Kier molecular flexibility index (Phi) is 5.41. The lowest BCUT2D eigenvalue weighted by molar-refractivity contribution is 0.748. The van der Waals surface area contributed by atoms with Crippen molar-refractivity contribution in [2.45, 2.75) is 26.2 Å². The second-order valence-corrected chi connectivity index (χ2v) is 7.27. The van der Waals surface area contributed by atoms with Crippen molar-refractivity contribution in [1.82, 2.24) is 4.98 Å². The van der Waals surface area contributed by atoms with Gasteiger partial charge >= 0.3 is 0 Å². The minimum atomic E-state index is 0.663. The van der Waals surface area contributed by atoms with Crippen molar-refractivity contribution in [2.24, 2.45) is 5.73 Å². The maximum Gasteiger partial charge on any atom is 0.0513 e. The monoisotopic (exact) mass is 380 g/mol. The van der Waals surface area contributed by atoms with Crippen LogP contribution >= 0.6 is 34.8 Å². The summed E-state index contributed by atoms with van der Waals surface area (Å²) in [4.78, 5) is 3.54. The maximum atomic E-state index is 6.44. The number of halogens is 3. The van der Waals surface area contributed by atoms with Crippen LogP contribution in [0.4, 0.5) is 0 Å². The molecule has 0 fully saturated rings. The summed E-state index contributed by atoms with van der Waals surface area (Å²) in [6, 6.07) is 9.51. The molecule has 0 saturated carbocycles. The first kappa shape index (κ1) is 17.6. The van der Waals surface area contributed by atoms with Crippen molar-refractivity contribution in [3.05, 3.63) is 56.5 Å². The van der Waals surface area contributed by atoms with Crippen molar-refractivity contribution in [3.8, 4) is 11.3 Å². The van der Waals surface area contributed by atoms with E-state index in [2.05, 4.69) is 11.9 Å². The van der Waals surface area contributed by atoms with E-state index < -0.39 is 0 Å². The Morgan fingerprint density at radius 3 is 2.54 bits per heavy atom. The average Bonchev–Trinajstić information content (AvgIpc) is 2.89. The quantitative estimate of drug-likeness (QED) is 0.494. The lowest BCUT2D eigenvalue weighted by Gasteiger charge is -2.08. The smallest absolute Gasteiger partial charge is 0.0513 e. The van der Waals surface area contributed by atoms with Gasteiger partial charge in [-0.05, 0) is 74.2 Å². The topological polar surface area (TPSA) is 41.8 Å². The molecule has 24 heavy (non-hydrogen) atoms. The molecule has 0 unspecified atom stereocenters. The Labute approximate surface area is 156 Å². The molecule has 0 radical (unpaired) electrons. The van der Waals surface area contributed by atoms with Gasteiger partial charge in [-0.1, -0.05) is 34.8 Å². The van der Waals surface area contributed by atoms with E-state index in [1.54, 1.807) is 6.07 Å². The molecule has 126 valence electrons. The number of benzene rings is 2. The number of aromatic nitrogens is 1. The van der Waals surface area contributed by atoms with E-state index in [1.807, 2.05) is 24.3 Å². The molecule has 0 atom stereocenters. The summed E-state index contributed by atoms with van der Waals surface area (Å²) in [6.45, 7) is 2.74. The van der Waals surface area contributed by atoms with Gasteiger partial charge in [0.2, 0.25) is 0 Å². The summed E-state index contributed by atoms with van der Waals surface area (Å²) in [5.74, 6) is 0. The molecule has 0 aliphatic rings. The zero-order chi connectivity index (χ0) is 17.3. The number of rotatable bonds is 5.